The highest BCUT2D eigenvalue weighted by molar-refractivity contribution is 6.20. The van der Waals surface area contributed by atoms with Crippen LogP contribution in [0.1, 0.15) is 19.4 Å². The fourth-order valence-electron chi connectivity index (χ4n) is 2.74. The maximum atomic E-state index is 12.6. The molecule has 1 heterocycles. The molecule has 1 aliphatic rings. The standard InChI is InChI=1S/C14H17NO3/c1-9(2)14(13(17)18-4)10-7-5-6-8-11(10)15(3)12(14)16/h5-9H,1-4H3/t14-/m1/s1. The van der Waals surface area contributed by atoms with Gasteiger partial charge in [0.2, 0.25) is 5.91 Å². The van der Waals surface area contributed by atoms with E-state index >= 15 is 0 Å². The number of benzene rings is 1. The zero-order valence-electron chi connectivity index (χ0n) is 11.1. The van der Waals surface area contributed by atoms with Crippen molar-refractivity contribution in [2.45, 2.75) is 19.3 Å². The van der Waals surface area contributed by atoms with E-state index in [0.29, 0.717) is 0 Å². The number of fused-ring (bicyclic) bond motifs is 1. The molecule has 1 aliphatic heterocycles. The normalized spacial score (nSPS) is 22.3. The van der Waals surface area contributed by atoms with Gasteiger partial charge >= 0.3 is 5.97 Å². The molecule has 4 nitrogen and oxygen atoms in total. The van der Waals surface area contributed by atoms with Crippen LogP contribution in [0.4, 0.5) is 5.69 Å². The minimum atomic E-state index is -1.21. The maximum Gasteiger partial charge on any atom is 0.326 e. The summed E-state index contributed by atoms with van der Waals surface area (Å²) in [5, 5.41) is 0. The number of hydrogen-bond donors (Lipinski definition) is 0. The maximum absolute atomic E-state index is 12.6. The number of anilines is 1. The zero-order chi connectivity index (χ0) is 13.5. The van der Waals surface area contributed by atoms with Gasteiger partial charge in [0, 0.05) is 18.3 Å². The third-order valence-corrected chi connectivity index (χ3v) is 3.71. The van der Waals surface area contributed by atoms with Crippen LogP contribution in [0.25, 0.3) is 0 Å². The SMILES string of the molecule is COC(=O)[C@@]1(C(C)C)C(=O)N(C)c2ccccc21. The second-order valence-corrected chi connectivity index (χ2v) is 4.84. The molecule has 4 heteroatoms. The number of esters is 1. The van der Waals surface area contributed by atoms with E-state index in [1.54, 1.807) is 7.05 Å². The van der Waals surface area contributed by atoms with Crippen LogP contribution >= 0.6 is 0 Å². The molecule has 0 radical (unpaired) electrons. The van der Waals surface area contributed by atoms with Crippen LogP contribution in [0, 0.1) is 5.92 Å². The Balaban J connectivity index is 2.75. The molecule has 2 rings (SSSR count). The van der Waals surface area contributed by atoms with Crippen LogP contribution in [0.3, 0.4) is 0 Å². The van der Waals surface area contributed by atoms with Crippen molar-refractivity contribution in [2.24, 2.45) is 5.92 Å². The van der Waals surface area contributed by atoms with Gasteiger partial charge in [-0.15, -0.1) is 0 Å². The Bertz CT molecular complexity index is 510. The van der Waals surface area contributed by atoms with Crippen LogP contribution in [-0.4, -0.2) is 26.0 Å². The van der Waals surface area contributed by atoms with Crippen molar-refractivity contribution >= 4 is 17.6 Å². The second kappa shape index (κ2) is 4.12. The van der Waals surface area contributed by atoms with Crippen molar-refractivity contribution in [3.05, 3.63) is 29.8 Å². The summed E-state index contributed by atoms with van der Waals surface area (Å²) in [5.41, 5.74) is 0.307. The Hall–Kier alpha value is -1.84. The highest BCUT2D eigenvalue weighted by Gasteiger charge is 2.58. The Morgan fingerprint density at radius 2 is 1.94 bits per heavy atom. The molecular formula is C14H17NO3. The number of carbonyl (C=O) groups is 2. The van der Waals surface area contributed by atoms with E-state index in [9.17, 15) is 9.59 Å². The molecule has 0 saturated heterocycles. The van der Waals surface area contributed by atoms with Gasteiger partial charge in [0.25, 0.3) is 0 Å². The third kappa shape index (κ3) is 1.32. The number of para-hydroxylation sites is 1. The number of amides is 1. The monoisotopic (exact) mass is 247 g/mol. The van der Waals surface area contributed by atoms with E-state index in [-0.39, 0.29) is 11.8 Å². The molecule has 0 saturated carbocycles. The van der Waals surface area contributed by atoms with Gasteiger partial charge in [0.15, 0.2) is 5.41 Å². The van der Waals surface area contributed by atoms with E-state index in [2.05, 4.69) is 0 Å². The molecule has 0 fully saturated rings. The first-order valence-electron chi connectivity index (χ1n) is 5.94. The number of nitrogens with zero attached hydrogens (tertiary/aromatic N) is 1. The lowest BCUT2D eigenvalue weighted by Crippen LogP contribution is -2.49. The highest BCUT2D eigenvalue weighted by Crippen LogP contribution is 2.46. The molecule has 18 heavy (non-hydrogen) atoms. The van der Waals surface area contributed by atoms with Crippen LogP contribution in [0.15, 0.2) is 24.3 Å². The van der Waals surface area contributed by atoms with Gasteiger partial charge in [-0.05, 0) is 12.0 Å². The first kappa shape index (κ1) is 12.6. The first-order chi connectivity index (χ1) is 8.47. The molecular weight excluding hydrogens is 230 g/mol. The number of ether oxygens (including phenoxy) is 1. The molecule has 0 spiro atoms. The smallest absolute Gasteiger partial charge is 0.326 e. The summed E-state index contributed by atoms with van der Waals surface area (Å²) in [7, 11) is 3.01. The highest BCUT2D eigenvalue weighted by atomic mass is 16.5. The largest absolute Gasteiger partial charge is 0.468 e. The van der Waals surface area contributed by atoms with Gasteiger partial charge in [0.05, 0.1) is 7.11 Å². The second-order valence-electron chi connectivity index (χ2n) is 4.84. The zero-order valence-corrected chi connectivity index (χ0v) is 11.1. The van der Waals surface area contributed by atoms with Crippen molar-refractivity contribution in [3.63, 3.8) is 0 Å². The minimum absolute atomic E-state index is 0.163. The fraction of sp³-hybridized carbons (Fsp3) is 0.429. The summed E-state index contributed by atoms with van der Waals surface area (Å²) >= 11 is 0. The minimum Gasteiger partial charge on any atom is -0.468 e. The topological polar surface area (TPSA) is 46.6 Å². The molecule has 0 aliphatic carbocycles. The number of likely N-dealkylation sites (N-methyl/N-ethyl adjacent to an activating group) is 1. The molecule has 96 valence electrons. The third-order valence-electron chi connectivity index (χ3n) is 3.71. The molecule has 1 atom stereocenters. The van der Waals surface area contributed by atoms with Crippen molar-refractivity contribution in [3.8, 4) is 0 Å². The number of hydrogen-bond acceptors (Lipinski definition) is 3. The van der Waals surface area contributed by atoms with E-state index in [4.69, 9.17) is 4.74 Å². The molecule has 1 aromatic rings. The van der Waals surface area contributed by atoms with Crippen molar-refractivity contribution in [1.29, 1.82) is 0 Å². The Morgan fingerprint density at radius 3 is 2.50 bits per heavy atom. The van der Waals surface area contributed by atoms with Crippen molar-refractivity contribution < 1.29 is 14.3 Å². The summed E-state index contributed by atoms with van der Waals surface area (Å²) < 4.78 is 4.89. The average Bonchev–Trinajstić information content (AvgIpc) is 2.60. The summed E-state index contributed by atoms with van der Waals surface area (Å²) in [6, 6.07) is 7.37. The van der Waals surface area contributed by atoms with E-state index in [1.807, 2.05) is 38.1 Å². The fourth-order valence-corrected chi connectivity index (χ4v) is 2.74. The van der Waals surface area contributed by atoms with Gasteiger partial charge in [-0.25, -0.2) is 0 Å². The van der Waals surface area contributed by atoms with E-state index in [1.165, 1.54) is 12.0 Å². The van der Waals surface area contributed by atoms with Crippen LogP contribution in [-0.2, 0) is 19.7 Å². The molecule has 0 bridgehead atoms. The van der Waals surface area contributed by atoms with Crippen LogP contribution in [0.5, 0.6) is 0 Å². The predicted octanol–water partition coefficient (Wildman–Crippen LogP) is 1.73. The van der Waals surface area contributed by atoms with Crippen LogP contribution in [0.2, 0.25) is 0 Å². The Morgan fingerprint density at radius 1 is 1.33 bits per heavy atom. The number of methoxy groups -OCH3 is 1. The molecule has 1 aromatic carbocycles. The van der Waals surface area contributed by atoms with E-state index < -0.39 is 11.4 Å². The van der Waals surface area contributed by atoms with Crippen LogP contribution < -0.4 is 4.90 Å². The lowest BCUT2D eigenvalue weighted by Gasteiger charge is -2.29. The van der Waals surface area contributed by atoms with Crippen molar-refractivity contribution in [2.75, 3.05) is 19.1 Å². The van der Waals surface area contributed by atoms with E-state index in [0.717, 1.165) is 11.3 Å². The van der Waals surface area contributed by atoms with Gasteiger partial charge in [-0.3, -0.25) is 9.59 Å². The predicted molar refractivity (Wildman–Crippen MR) is 68.4 cm³/mol. The lowest BCUT2D eigenvalue weighted by atomic mass is 9.72. The summed E-state index contributed by atoms with van der Waals surface area (Å²) in [4.78, 5) is 26.3. The first-order valence-corrected chi connectivity index (χ1v) is 5.94. The molecule has 1 amide bonds. The molecule has 0 unspecified atom stereocenters. The summed E-state index contributed by atoms with van der Waals surface area (Å²) in [6.07, 6.45) is 0. The lowest BCUT2D eigenvalue weighted by molar-refractivity contribution is -0.153. The number of carbonyl (C=O) groups excluding carboxylic acids is 2. The Labute approximate surface area is 107 Å². The van der Waals surface area contributed by atoms with Gasteiger partial charge in [0.1, 0.15) is 0 Å². The summed E-state index contributed by atoms with van der Waals surface area (Å²) in [5.74, 6) is -0.867. The van der Waals surface area contributed by atoms with Gasteiger partial charge in [-0.1, -0.05) is 32.0 Å². The quantitative estimate of drug-likeness (QED) is 0.590. The van der Waals surface area contributed by atoms with Gasteiger partial charge in [-0.2, -0.15) is 0 Å². The molecule has 0 N–H and O–H groups in total. The van der Waals surface area contributed by atoms with Crippen molar-refractivity contribution in [1.82, 2.24) is 0 Å². The number of rotatable bonds is 2. The Kier molecular flexibility index (Phi) is 2.89. The molecule has 0 aromatic heterocycles. The summed E-state index contributed by atoms with van der Waals surface area (Å²) in [6.45, 7) is 3.73. The van der Waals surface area contributed by atoms with Gasteiger partial charge < -0.3 is 9.64 Å². The average molecular weight is 247 g/mol.